The lowest BCUT2D eigenvalue weighted by Crippen LogP contribution is -2.20. The number of aryl methyl sites for hydroxylation is 1. The number of carbonyl (C=O) groups is 1. The fourth-order valence-corrected chi connectivity index (χ4v) is 2.64. The Bertz CT molecular complexity index is 663. The van der Waals surface area contributed by atoms with Crippen molar-refractivity contribution in [2.45, 2.75) is 19.4 Å². The molecule has 98 valence electrons. The SMILES string of the molecule is Cc1c(C2CC(=O)c3ccc(Br)cc3O2)cnn1C. The average Bonchev–Trinajstić information content (AvgIpc) is 2.69. The Morgan fingerprint density at radius 2 is 2.26 bits per heavy atom. The van der Waals surface area contributed by atoms with Crippen molar-refractivity contribution in [2.75, 3.05) is 0 Å². The number of hydrogen-bond donors (Lipinski definition) is 0. The van der Waals surface area contributed by atoms with E-state index in [1.807, 2.05) is 26.1 Å². The van der Waals surface area contributed by atoms with Gasteiger partial charge in [-0.15, -0.1) is 0 Å². The van der Waals surface area contributed by atoms with Crippen LogP contribution in [0, 0.1) is 6.92 Å². The second-order valence-corrected chi connectivity index (χ2v) is 5.60. The van der Waals surface area contributed by atoms with Crippen LogP contribution in [-0.4, -0.2) is 15.6 Å². The summed E-state index contributed by atoms with van der Waals surface area (Å²) in [7, 11) is 1.88. The van der Waals surface area contributed by atoms with Crippen molar-refractivity contribution in [2.24, 2.45) is 7.05 Å². The molecule has 1 aliphatic rings. The van der Waals surface area contributed by atoms with Gasteiger partial charge in [0.05, 0.1) is 18.2 Å². The molecule has 1 unspecified atom stereocenters. The molecule has 0 saturated heterocycles. The number of fused-ring (bicyclic) bond motifs is 1. The zero-order valence-electron chi connectivity index (χ0n) is 10.7. The quantitative estimate of drug-likeness (QED) is 0.810. The van der Waals surface area contributed by atoms with Crippen molar-refractivity contribution < 1.29 is 9.53 Å². The van der Waals surface area contributed by atoms with Crippen LogP contribution < -0.4 is 4.74 Å². The van der Waals surface area contributed by atoms with Crippen LogP contribution in [0.25, 0.3) is 0 Å². The van der Waals surface area contributed by atoms with Crippen molar-refractivity contribution >= 4 is 21.7 Å². The molecule has 4 nitrogen and oxygen atoms in total. The molecule has 0 fully saturated rings. The van der Waals surface area contributed by atoms with E-state index in [0.717, 1.165) is 15.7 Å². The summed E-state index contributed by atoms with van der Waals surface area (Å²) in [4.78, 5) is 12.2. The van der Waals surface area contributed by atoms with Gasteiger partial charge in [0.25, 0.3) is 0 Å². The second kappa shape index (κ2) is 4.49. The summed E-state index contributed by atoms with van der Waals surface area (Å²) in [5.74, 6) is 0.751. The minimum absolute atomic E-state index is 0.113. The highest BCUT2D eigenvalue weighted by Gasteiger charge is 2.29. The minimum atomic E-state index is -0.247. The number of ether oxygens (including phenoxy) is 1. The smallest absolute Gasteiger partial charge is 0.170 e. The third-order valence-electron chi connectivity index (χ3n) is 3.50. The van der Waals surface area contributed by atoms with E-state index < -0.39 is 0 Å². The predicted octanol–water partition coefficient (Wildman–Crippen LogP) is 3.20. The van der Waals surface area contributed by atoms with E-state index in [-0.39, 0.29) is 11.9 Å². The first kappa shape index (κ1) is 12.4. The van der Waals surface area contributed by atoms with Gasteiger partial charge in [0.2, 0.25) is 0 Å². The number of nitrogens with zero attached hydrogens (tertiary/aromatic N) is 2. The van der Waals surface area contributed by atoms with E-state index in [9.17, 15) is 4.79 Å². The van der Waals surface area contributed by atoms with Gasteiger partial charge in [-0.3, -0.25) is 9.48 Å². The molecule has 1 aromatic heterocycles. The fourth-order valence-electron chi connectivity index (χ4n) is 2.30. The lowest BCUT2D eigenvalue weighted by atomic mass is 9.97. The van der Waals surface area contributed by atoms with Crippen molar-refractivity contribution in [1.29, 1.82) is 0 Å². The first-order valence-electron chi connectivity index (χ1n) is 6.04. The standard InChI is InChI=1S/C14H13BrN2O2/c1-8-11(7-16-17(8)2)14-6-12(18)10-4-3-9(15)5-13(10)19-14/h3-5,7,14H,6H2,1-2H3. The van der Waals surface area contributed by atoms with E-state index in [0.29, 0.717) is 17.7 Å². The molecule has 0 radical (unpaired) electrons. The van der Waals surface area contributed by atoms with Crippen LogP contribution in [-0.2, 0) is 7.05 Å². The average molecular weight is 321 g/mol. The molecule has 0 spiro atoms. The van der Waals surface area contributed by atoms with Crippen molar-refractivity contribution in [3.8, 4) is 5.75 Å². The number of rotatable bonds is 1. The molecule has 2 aromatic rings. The number of ketones is 1. The van der Waals surface area contributed by atoms with Gasteiger partial charge in [-0.2, -0.15) is 5.10 Å². The first-order chi connectivity index (χ1) is 9.06. The summed E-state index contributed by atoms with van der Waals surface area (Å²) >= 11 is 3.40. The monoisotopic (exact) mass is 320 g/mol. The number of hydrogen-bond acceptors (Lipinski definition) is 3. The van der Waals surface area contributed by atoms with Gasteiger partial charge < -0.3 is 4.74 Å². The molecule has 3 rings (SSSR count). The van der Waals surface area contributed by atoms with E-state index in [2.05, 4.69) is 21.0 Å². The number of halogens is 1. The zero-order valence-corrected chi connectivity index (χ0v) is 12.3. The molecule has 19 heavy (non-hydrogen) atoms. The Morgan fingerprint density at radius 1 is 1.47 bits per heavy atom. The molecular weight excluding hydrogens is 308 g/mol. The summed E-state index contributed by atoms with van der Waals surface area (Å²) in [5, 5.41) is 4.21. The van der Waals surface area contributed by atoms with Gasteiger partial charge in [0, 0.05) is 22.8 Å². The highest BCUT2D eigenvalue weighted by molar-refractivity contribution is 9.10. The van der Waals surface area contributed by atoms with Gasteiger partial charge in [-0.25, -0.2) is 0 Å². The van der Waals surface area contributed by atoms with Crippen LogP contribution in [0.2, 0.25) is 0 Å². The fraction of sp³-hybridized carbons (Fsp3) is 0.286. The van der Waals surface area contributed by atoms with E-state index >= 15 is 0 Å². The Labute approximate surface area is 119 Å². The third-order valence-corrected chi connectivity index (χ3v) is 4.00. The summed E-state index contributed by atoms with van der Waals surface area (Å²) in [6.45, 7) is 1.98. The molecule has 2 heterocycles. The minimum Gasteiger partial charge on any atom is -0.484 e. The van der Waals surface area contributed by atoms with Gasteiger partial charge in [0.1, 0.15) is 11.9 Å². The molecule has 5 heteroatoms. The maximum absolute atomic E-state index is 12.2. The van der Waals surface area contributed by atoms with E-state index in [4.69, 9.17) is 4.74 Å². The number of carbonyl (C=O) groups excluding carboxylic acids is 1. The third kappa shape index (κ3) is 2.08. The summed E-state index contributed by atoms with van der Waals surface area (Å²) in [5.41, 5.74) is 2.65. The highest BCUT2D eigenvalue weighted by Crippen LogP contribution is 2.37. The molecule has 0 N–H and O–H groups in total. The van der Waals surface area contributed by atoms with Crippen molar-refractivity contribution in [3.05, 3.63) is 45.7 Å². The molecule has 1 aliphatic heterocycles. The van der Waals surface area contributed by atoms with Crippen LogP contribution in [0.15, 0.2) is 28.9 Å². The number of benzene rings is 1. The van der Waals surface area contributed by atoms with Crippen LogP contribution in [0.5, 0.6) is 5.75 Å². The highest BCUT2D eigenvalue weighted by atomic mass is 79.9. The van der Waals surface area contributed by atoms with Crippen LogP contribution in [0.4, 0.5) is 0 Å². The zero-order chi connectivity index (χ0) is 13.6. The molecule has 1 aromatic carbocycles. The second-order valence-electron chi connectivity index (χ2n) is 4.68. The van der Waals surface area contributed by atoms with E-state index in [1.54, 1.807) is 16.9 Å². The summed E-state index contributed by atoms with van der Waals surface area (Å²) in [6.07, 6.45) is 1.89. The van der Waals surface area contributed by atoms with E-state index in [1.165, 1.54) is 0 Å². The van der Waals surface area contributed by atoms with Crippen LogP contribution in [0.1, 0.15) is 34.1 Å². The van der Waals surface area contributed by atoms with Gasteiger partial charge in [0.15, 0.2) is 5.78 Å². The Hall–Kier alpha value is -1.62. The predicted molar refractivity (Wildman–Crippen MR) is 74.4 cm³/mol. The normalized spacial score (nSPS) is 18.1. The first-order valence-corrected chi connectivity index (χ1v) is 6.83. The number of aromatic nitrogens is 2. The molecule has 0 saturated carbocycles. The van der Waals surface area contributed by atoms with Crippen LogP contribution >= 0.6 is 15.9 Å². The lowest BCUT2D eigenvalue weighted by Gasteiger charge is -2.25. The lowest BCUT2D eigenvalue weighted by molar-refractivity contribution is 0.0849. The van der Waals surface area contributed by atoms with Crippen molar-refractivity contribution in [1.82, 2.24) is 9.78 Å². The van der Waals surface area contributed by atoms with Gasteiger partial charge in [-0.1, -0.05) is 15.9 Å². The molecule has 0 bridgehead atoms. The molecule has 1 atom stereocenters. The number of Topliss-reactive ketones (excluding diaryl/α,β-unsaturated/α-hetero) is 1. The Balaban J connectivity index is 2.01. The molecule has 0 aliphatic carbocycles. The van der Waals surface area contributed by atoms with Gasteiger partial charge in [-0.05, 0) is 25.1 Å². The maximum atomic E-state index is 12.2. The maximum Gasteiger partial charge on any atom is 0.170 e. The Kier molecular flexibility index (Phi) is 2.93. The van der Waals surface area contributed by atoms with Crippen LogP contribution in [0.3, 0.4) is 0 Å². The summed E-state index contributed by atoms with van der Waals surface area (Å²) in [6, 6.07) is 5.49. The molecule has 0 amide bonds. The topological polar surface area (TPSA) is 44.1 Å². The molecular formula is C14H13BrN2O2. The largest absolute Gasteiger partial charge is 0.484 e. The Morgan fingerprint density at radius 3 is 2.95 bits per heavy atom. The summed E-state index contributed by atoms with van der Waals surface area (Å²) < 4.78 is 8.66. The van der Waals surface area contributed by atoms with Gasteiger partial charge >= 0.3 is 0 Å². The van der Waals surface area contributed by atoms with Crippen molar-refractivity contribution in [3.63, 3.8) is 0 Å².